The number of nitrogens with zero attached hydrogens (tertiary/aromatic N) is 3. The number of para-hydroxylation sites is 1. The molecule has 0 fully saturated rings. The van der Waals surface area contributed by atoms with Gasteiger partial charge in [0.05, 0.1) is 19.0 Å². The third kappa shape index (κ3) is 4.54. The Morgan fingerprint density at radius 2 is 2.04 bits per heavy atom. The predicted octanol–water partition coefficient (Wildman–Crippen LogP) is 2.61. The zero-order chi connectivity index (χ0) is 17.5. The molecule has 25 heavy (non-hydrogen) atoms. The van der Waals surface area contributed by atoms with E-state index in [0.29, 0.717) is 12.4 Å². The van der Waals surface area contributed by atoms with Crippen LogP contribution in [-0.4, -0.2) is 27.8 Å². The summed E-state index contributed by atoms with van der Waals surface area (Å²) in [6.45, 7) is 0.406. The summed E-state index contributed by atoms with van der Waals surface area (Å²) < 4.78 is 6.76. The summed E-state index contributed by atoms with van der Waals surface area (Å²) >= 11 is 0. The lowest BCUT2D eigenvalue weighted by molar-refractivity contribution is -0.116. The predicted molar refractivity (Wildman–Crippen MR) is 95.2 cm³/mol. The van der Waals surface area contributed by atoms with Crippen molar-refractivity contribution in [3.05, 3.63) is 78.3 Å². The summed E-state index contributed by atoms with van der Waals surface area (Å²) in [7, 11) is 1.56. The number of carbonyl (C=O) groups excluding carboxylic acids is 1. The van der Waals surface area contributed by atoms with Crippen molar-refractivity contribution >= 4 is 12.0 Å². The van der Waals surface area contributed by atoms with Crippen LogP contribution in [0.5, 0.6) is 5.88 Å². The van der Waals surface area contributed by atoms with E-state index >= 15 is 0 Å². The number of hydrogen-bond donors (Lipinski definition) is 1. The Morgan fingerprint density at radius 3 is 2.76 bits per heavy atom. The number of amides is 1. The fourth-order valence-corrected chi connectivity index (χ4v) is 2.20. The molecule has 3 aromatic rings. The zero-order valence-corrected chi connectivity index (χ0v) is 13.8. The van der Waals surface area contributed by atoms with E-state index in [9.17, 15) is 4.79 Å². The first-order valence-electron chi connectivity index (χ1n) is 7.79. The van der Waals surface area contributed by atoms with E-state index in [0.717, 1.165) is 16.8 Å². The highest BCUT2D eigenvalue weighted by Gasteiger charge is 2.01. The van der Waals surface area contributed by atoms with Crippen molar-refractivity contribution in [3.63, 3.8) is 0 Å². The average Bonchev–Trinajstić information content (AvgIpc) is 3.15. The Labute approximate surface area is 145 Å². The summed E-state index contributed by atoms with van der Waals surface area (Å²) in [6, 6.07) is 13.4. The largest absolute Gasteiger partial charge is 0.481 e. The van der Waals surface area contributed by atoms with Crippen molar-refractivity contribution < 1.29 is 9.53 Å². The van der Waals surface area contributed by atoms with Gasteiger partial charge < -0.3 is 10.1 Å². The second kappa shape index (κ2) is 7.92. The molecule has 0 spiro atoms. The highest BCUT2D eigenvalue weighted by Crippen LogP contribution is 2.09. The van der Waals surface area contributed by atoms with Crippen LogP contribution in [0.3, 0.4) is 0 Å². The molecule has 0 saturated carbocycles. The number of aromatic nitrogens is 3. The van der Waals surface area contributed by atoms with Crippen molar-refractivity contribution in [1.82, 2.24) is 20.1 Å². The standard InChI is InChI=1S/C19H18N4O2/c1-25-19-10-8-15(12-21-19)11-20-18(24)9-7-16-13-22-23(14-16)17-5-3-2-4-6-17/h2-10,12-14H,11H2,1H3,(H,20,24)/b9-7+. The maximum absolute atomic E-state index is 11.9. The van der Waals surface area contributed by atoms with Gasteiger partial charge in [-0.2, -0.15) is 5.10 Å². The van der Waals surface area contributed by atoms with Crippen LogP contribution in [0, 0.1) is 0 Å². The van der Waals surface area contributed by atoms with Gasteiger partial charge in [-0.05, 0) is 23.8 Å². The van der Waals surface area contributed by atoms with Gasteiger partial charge in [0.2, 0.25) is 11.8 Å². The Bertz CT molecular complexity index is 855. The molecule has 2 aromatic heterocycles. The van der Waals surface area contributed by atoms with E-state index in [2.05, 4.69) is 15.4 Å². The van der Waals surface area contributed by atoms with Gasteiger partial charge in [-0.1, -0.05) is 24.3 Å². The number of ether oxygens (including phenoxy) is 1. The number of pyridine rings is 1. The summed E-state index contributed by atoms with van der Waals surface area (Å²) in [6.07, 6.45) is 8.47. The highest BCUT2D eigenvalue weighted by atomic mass is 16.5. The van der Waals surface area contributed by atoms with Gasteiger partial charge in [0.25, 0.3) is 0 Å². The minimum absolute atomic E-state index is 0.178. The van der Waals surface area contributed by atoms with Crippen LogP contribution < -0.4 is 10.1 Å². The first kappa shape index (κ1) is 16.4. The normalized spacial score (nSPS) is 10.8. The SMILES string of the molecule is COc1ccc(CNC(=O)/C=C/c2cnn(-c3ccccc3)c2)cn1. The number of methoxy groups -OCH3 is 1. The Hall–Kier alpha value is -3.41. The summed E-state index contributed by atoms with van der Waals surface area (Å²) in [4.78, 5) is 16.0. The van der Waals surface area contributed by atoms with E-state index in [1.165, 1.54) is 6.08 Å². The van der Waals surface area contributed by atoms with Crippen LogP contribution in [-0.2, 0) is 11.3 Å². The lowest BCUT2D eigenvalue weighted by atomic mass is 10.2. The molecule has 2 heterocycles. The van der Waals surface area contributed by atoms with Crippen LogP contribution in [0.15, 0.2) is 67.1 Å². The molecule has 0 atom stereocenters. The van der Waals surface area contributed by atoms with Gasteiger partial charge in [0.1, 0.15) is 0 Å². The number of rotatable bonds is 6. The summed E-state index contributed by atoms with van der Waals surface area (Å²) in [5.41, 5.74) is 2.73. The van der Waals surface area contributed by atoms with Crippen molar-refractivity contribution in [2.24, 2.45) is 0 Å². The van der Waals surface area contributed by atoms with E-state index in [-0.39, 0.29) is 5.91 Å². The van der Waals surface area contributed by atoms with E-state index in [1.807, 2.05) is 42.6 Å². The fourth-order valence-electron chi connectivity index (χ4n) is 2.20. The van der Waals surface area contributed by atoms with Gasteiger partial charge in [-0.15, -0.1) is 0 Å². The maximum Gasteiger partial charge on any atom is 0.244 e. The number of carbonyl (C=O) groups is 1. The molecule has 0 aliphatic rings. The summed E-state index contributed by atoms with van der Waals surface area (Å²) in [5, 5.41) is 7.10. The third-order valence-electron chi connectivity index (χ3n) is 3.52. The van der Waals surface area contributed by atoms with Crippen molar-refractivity contribution in [1.29, 1.82) is 0 Å². The molecule has 0 bridgehead atoms. The molecular formula is C19H18N4O2. The van der Waals surface area contributed by atoms with Gasteiger partial charge >= 0.3 is 0 Å². The molecule has 1 aromatic carbocycles. The number of hydrogen-bond acceptors (Lipinski definition) is 4. The molecule has 1 N–H and O–H groups in total. The second-order valence-corrected chi connectivity index (χ2v) is 5.31. The first-order valence-corrected chi connectivity index (χ1v) is 7.79. The first-order chi connectivity index (χ1) is 12.2. The quantitative estimate of drug-likeness (QED) is 0.704. The highest BCUT2D eigenvalue weighted by molar-refractivity contribution is 5.91. The molecule has 0 aliphatic carbocycles. The molecule has 0 radical (unpaired) electrons. The summed E-state index contributed by atoms with van der Waals surface area (Å²) in [5.74, 6) is 0.369. The van der Waals surface area contributed by atoms with Gasteiger partial charge in [0.15, 0.2) is 0 Å². The molecular weight excluding hydrogens is 316 g/mol. The lowest BCUT2D eigenvalue weighted by Gasteiger charge is -2.03. The molecule has 0 unspecified atom stereocenters. The molecule has 126 valence electrons. The van der Waals surface area contributed by atoms with Crippen molar-refractivity contribution in [2.45, 2.75) is 6.54 Å². The van der Waals surface area contributed by atoms with Gasteiger partial charge in [-0.3, -0.25) is 4.79 Å². The van der Waals surface area contributed by atoms with Crippen molar-refractivity contribution in [3.8, 4) is 11.6 Å². The minimum Gasteiger partial charge on any atom is -0.481 e. The average molecular weight is 334 g/mol. The third-order valence-corrected chi connectivity index (χ3v) is 3.52. The van der Waals surface area contributed by atoms with Crippen LogP contribution in [0.1, 0.15) is 11.1 Å². The lowest BCUT2D eigenvalue weighted by Crippen LogP contribution is -2.20. The van der Waals surface area contributed by atoms with E-state index in [1.54, 1.807) is 36.3 Å². The smallest absolute Gasteiger partial charge is 0.244 e. The van der Waals surface area contributed by atoms with Crippen LogP contribution in [0.25, 0.3) is 11.8 Å². The Kier molecular flexibility index (Phi) is 5.21. The van der Waals surface area contributed by atoms with Gasteiger partial charge in [0, 0.05) is 36.6 Å². The molecule has 1 amide bonds. The number of benzene rings is 1. The molecule has 3 rings (SSSR count). The van der Waals surface area contributed by atoms with Crippen LogP contribution in [0.2, 0.25) is 0 Å². The van der Waals surface area contributed by atoms with E-state index in [4.69, 9.17) is 4.74 Å². The fraction of sp³-hybridized carbons (Fsp3) is 0.105. The molecule has 6 nitrogen and oxygen atoms in total. The minimum atomic E-state index is -0.178. The van der Waals surface area contributed by atoms with E-state index < -0.39 is 0 Å². The monoisotopic (exact) mass is 334 g/mol. The van der Waals surface area contributed by atoms with Gasteiger partial charge in [-0.25, -0.2) is 9.67 Å². The molecule has 6 heteroatoms. The Morgan fingerprint density at radius 1 is 1.20 bits per heavy atom. The number of nitrogens with one attached hydrogen (secondary N) is 1. The van der Waals surface area contributed by atoms with Crippen LogP contribution in [0.4, 0.5) is 0 Å². The maximum atomic E-state index is 11.9. The van der Waals surface area contributed by atoms with Crippen molar-refractivity contribution in [2.75, 3.05) is 7.11 Å². The Balaban J connectivity index is 1.54. The zero-order valence-electron chi connectivity index (χ0n) is 13.8. The second-order valence-electron chi connectivity index (χ2n) is 5.31. The van der Waals surface area contributed by atoms with Crippen LogP contribution >= 0.6 is 0 Å². The topological polar surface area (TPSA) is 69.0 Å². The molecule has 0 aliphatic heterocycles. The molecule has 0 saturated heterocycles.